The van der Waals surface area contributed by atoms with Gasteiger partial charge in [-0.2, -0.15) is 0 Å². The van der Waals surface area contributed by atoms with Gasteiger partial charge in [0.05, 0.1) is 19.3 Å². The summed E-state index contributed by atoms with van der Waals surface area (Å²) in [5.41, 5.74) is 0. The smallest absolute Gasteiger partial charge is 0.287 e. The van der Waals surface area contributed by atoms with E-state index >= 15 is 0 Å². The molecule has 0 aromatic heterocycles. The molecule has 0 bridgehead atoms. The summed E-state index contributed by atoms with van der Waals surface area (Å²) in [6, 6.07) is 0. The normalized spacial score (nSPS) is 15.5. The molecule has 0 N–H and O–H groups in total. The maximum absolute atomic E-state index is 11.9. The van der Waals surface area contributed by atoms with Gasteiger partial charge in [-0.25, -0.2) is 4.57 Å². The number of unbranched alkanes of at least 4 members (excludes halogenated alkanes) is 2. The molecular weight excluding hydrogens is 215 g/mol. The van der Waals surface area contributed by atoms with Crippen LogP contribution in [-0.2, 0) is 18.1 Å². The Labute approximate surface area is 92.9 Å². The molecule has 0 saturated carbocycles. The first-order valence-corrected chi connectivity index (χ1v) is 7.07. The SMILES string of the molecule is CCCCCOP(=O)(OCC)OC(C)C. The van der Waals surface area contributed by atoms with Crippen molar-refractivity contribution in [3.05, 3.63) is 0 Å². The van der Waals surface area contributed by atoms with Crippen molar-refractivity contribution in [2.24, 2.45) is 0 Å². The maximum Gasteiger partial charge on any atom is 0.475 e. The molecule has 1 unspecified atom stereocenters. The van der Waals surface area contributed by atoms with E-state index in [0.717, 1.165) is 19.3 Å². The Kier molecular flexibility index (Phi) is 8.34. The second-order valence-corrected chi connectivity index (χ2v) is 5.18. The van der Waals surface area contributed by atoms with Crippen LogP contribution < -0.4 is 0 Å². The highest BCUT2D eigenvalue weighted by Gasteiger charge is 2.26. The van der Waals surface area contributed by atoms with E-state index in [-0.39, 0.29) is 6.10 Å². The molecule has 0 aromatic rings. The van der Waals surface area contributed by atoms with Gasteiger partial charge in [-0.15, -0.1) is 0 Å². The lowest BCUT2D eigenvalue weighted by molar-refractivity contribution is 0.0929. The van der Waals surface area contributed by atoms with Gasteiger partial charge in [0.2, 0.25) is 0 Å². The Morgan fingerprint density at radius 3 is 2.27 bits per heavy atom. The Hall–Kier alpha value is 0.110. The minimum absolute atomic E-state index is 0.159. The highest BCUT2D eigenvalue weighted by atomic mass is 31.2. The molecule has 0 rings (SSSR count). The summed E-state index contributed by atoms with van der Waals surface area (Å²) < 4.78 is 27.3. The molecule has 4 nitrogen and oxygen atoms in total. The Balaban J connectivity index is 3.96. The number of phosphoric acid groups is 1. The van der Waals surface area contributed by atoms with Crippen LogP contribution in [0.4, 0.5) is 0 Å². The van der Waals surface area contributed by atoms with Gasteiger partial charge in [0.25, 0.3) is 0 Å². The van der Waals surface area contributed by atoms with Gasteiger partial charge in [0.15, 0.2) is 0 Å². The van der Waals surface area contributed by atoms with Crippen LogP contribution in [0.25, 0.3) is 0 Å². The minimum atomic E-state index is -3.32. The number of hydrogen-bond acceptors (Lipinski definition) is 4. The van der Waals surface area contributed by atoms with Gasteiger partial charge in [-0.1, -0.05) is 19.8 Å². The van der Waals surface area contributed by atoms with E-state index in [9.17, 15) is 4.57 Å². The molecule has 92 valence electrons. The molecule has 0 aliphatic carbocycles. The molecule has 5 heteroatoms. The van der Waals surface area contributed by atoms with E-state index in [0.29, 0.717) is 13.2 Å². The molecule has 0 aliphatic rings. The van der Waals surface area contributed by atoms with Crippen molar-refractivity contribution < 1.29 is 18.1 Å². The van der Waals surface area contributed by atoms with E-state index < -0.39 is 7.82 Å². The third-order valence-corrected chi connectivity index (χ3v) is 3.38. The van der Waals surface area contributed by atoms with Crippen molar-refractivity contribution in [3.63, 3.8) is 0 Å². The predicted molar refractivity (Wildman–Crippen MR) is 60.9 cm³/mol. The quantitative estimate of drug-likeness (QED) is 0.453. The Bertz CT molecular complexity index is 194. The lowest BCUT2D eigenvalue weighted by atomic mass is 10.3. The second kappa shape index (κ2) is 8.28. The first kappa shape index (κ1) is 15.1. The molecule has 15 heavy (non-hydrogen) atoms. The third-order valence-electron chi connectivity index (χ3n) is 1.62. The topological polar surface area (TPSA) is 44.8 Å². The lowest BCUT2D eigenvalue weighted by Crippen LogP contribution is -2.06. The fourth-order valence-electron chi connectivity index (χ4n) is 1.04. The summed E-state index contributed by atoms with van der Waals surface area (Å²) >= 11 is 0. The zero-order valence-corrected chi connectivity index (χ0v) is 11.1. The summed E-state index contributed by atoms with van der Waals surface area (Å²) in [4.78, 5) is 0. The second-order valence-electron chi connectivity index (χ2n) is 3.56. The first-order chi connectivity index (χ1) is 7.04. The van der Waals surface area contributed by atoms with E-state index in [2.05, 4.69) is 6.92 Å². The van der Waals surface area contributed by atoms with Gasteiger partial charge in [0.1, 0.15) is 0 Å². The standard InChI is InChI=1S/C10H23O4P/c1-5-7-8-9-13-15(11,12-6-2)14-10(3)4/h10H,5-9H2,1-4H3. The van der Waals surface area contributed by atoms with E-state index in [1.165, 1.54) is 0 Å². The van der Waals surface area contributed by atoms with Crippen molar-refractivity contribution in [3.8, 4) is 0 Å². The van der Waals surface area contributed by atoms with Gasteiger partial charge in [-0.05, 0) is 27.2 Å². The molecule has 0 heterocycles. The van der Waals surface area contributed by atoms with Gasteiger partial charge >= 0.3 is 7.82 Å². The van der Waals surface area contributed by atoms with Crippen LogP contribution in [0, 0.1) is 0 Å². The fraction of sp³-hybridized carbons (Fsp3) is 1.00. The molecule has 1 atom stereocenters. The largest absolute Gasteiger partial charge is 0.475 e. The molecule has 0 amide bonds. The summed E-state index contributed by atoms with van der Waals surface area (Å²) in [7, 11) is -3.32. The molecule has 0 saturated heterocycles. The highest BCUT2D eigenvalue weighted by Crippen LogP contribution is 2.50. The Morgan fingerprint density at radius 1 is 1.13 bits per heavy atom. The average Bonchev–Trinajstić information content (AvgIpc) is 2.11. The molecule has 0 fully saturated rings. The van der Waals surface area contributed by atoms with E-state index in [1.54, 1.807) is 20.8 Å². The lowest BCUT2D eigenvalue weighted by Gasteiger charge is -2.19. The van der Waals surface area contributed by atoms with Crippen molar-refractivity contribution >= 4 is 7.82 Å². The summed E-state index contributed by atoms with van der Waals surface area (Å²) in [6.45, 7) is 8.25. The summed E-state index contributed by atoms with van der Waals surface area (Å²) in [6.07, 6.45) is 2.89. The van der Waals surface area contributed by atoms with Crippen LogP contribution in [0.2, 0.25) is 0 Å². The van der Waals surface area contributed by atoms with Gasteiger partial charge in [-0.3, -0.25) is 13.6 Å². The number of hydrogen-bond donors (Lipinski definition) is 0. The van der Waals surface area contributed by atoms with Crippen LogP contribution in [0.15, 0.2) is 0 Å². The van der Waals surface area contributed by atoms with Crippen LogP contribution in [0.5, 0.6) is 0 Å². The Morgan fingerprint density at radius 2 is 1.80 bits per heavy atom. The van der Waals surface area contributed by atoms with E-state index in [4.69, 9.17) is 13.6 Å². The summed E-state index contributed by atoms with van der Waals surface area (Å²) in [5, 5.41) is 0. The van der Waals surface area contributed by atoms with Crippen molar-refractivity contribution in [1.82, 2.24) is 0 Å². The van der Waals surface area contributed by atoms with Crippen molar-refractivity contribution in [2.45, 2.75) is 53.1 Å². The minimum Gasteiger partial charge on any atom is -0.287 e. The zero-order valence-electron chi connectivity index (χ0n) is 10.2. The van der Waals surface area contributed by atoms with Crippen LogP contribution in [-0.4, -0.2) is 19.3 Å². The molecular formula is C10H23O4P. The first-order valence-electron chi connectivity index (χ1n) is 5.61. The molecule has 0 aliphatic heterocycles. The monoisotopic (exact) mass is 238 g/mol. The molecule has 0 radical (unpaired) electrons. The number of rotatable bonds is 9. The maximum atomic E-state index is 11.9. The van der Waals surface area contributed by atoms with Crippen LogP contribution >= 0.6 is 7.82 Å². The third kappa shape index (κ3) is 7.97. The van der Waals surface area contributed by atoms with Crippen LogP contribution in [0.3, 0.4) is 0 Å². The van der Waals surface area contributed by atoms with Crippen molar-refractivity contribution in [1.29, 1.82) is 0 Å². The number of phosphoric ester groups is 1. The predicted octanol–water partition coefficient (Wildman–Crippen LogP) is 3.76. The molecule has 0 aromatic carbocycles. The fourth-order valence-corrected chi connectivity index (χ4v) is 2.42. The van der Waals surface area contributed by atoms with E-state index in [1.807, 2.05) is 0 Å². The molecule has 0 spiro atoms. The van der Waals surface area contributed by atoms with Crippen molar-refractivity contribution in [2.75, 3.05) is 13.2 Å². The highest BCUT2D eigenvalue weighted by molar-refractivity contribution is 7.48. The van der Waals surface area contributed by atoms with Gasteiger partial charge < -0.3 is 0 Å². The zero-order chi connectivity index (χ0) is 11.7. The van der Waals surface area contributed by atoms with Gasteiger partial charge in [0, 0.05) is 0 Å². The summed E-state index contributed by atoms with van der Waals surface area (Å²) in [5.74, 6) is 0. The van der Waals surface area contributed by atoms with Crippen LogP contribution in [0.1, 0.15) is 47.0 Å². The average molecular weight is 238 g/mol.